The first-order valence-corrected chi connectivity index (χ1v) is 7.22. The zero-order chi connectivity index (χ0) is 11.9. The lowest BCUT2D eigenvalue weighted by molar-refractivity contribution is 0.0739. The van der Waals surface area contributed by atoms with Crippen molar-refractivity contribution in [3.63, 3.8) is 0 Å². The van der Waals surface area contributed by atoms with Gasteiger partial charge in [-0.2, -0.15) is 4.37 Å². The van der Waals surface area contributed by atoms with Crippen molar-refractivity contribution in [1.82, 2.24) is 14.3 Å². The fraction of sp³-hybridized carbons (Fsp3) is 0.833. The molecule has 4 nitrogen and oxygen atoms in total. The Hall–Kier alpha value is -0.680. The molecule has 2 fully saturated rings. The van der Waals surface area contributed by atoms with Crippen molar-refractivity contribution in [2.24, 2.45) is 0 Å². The van der Waals surface area contributed by atoms with Gasteiger partial charge in [0.15, 0.2) is 0 Å². The van der Waals surface area contributed by atoms with E-state index in [2.05, 4.69) is 33.7 Å². The van der Waals surface area contributed by atoms with Crippen LogP contribution in [0.15, 0.2) is 0 Å². The Morgan fingerprint density at radius 2 is 2.18 bits per heavy atom. The van der Waals surface area contributed by atoms with Crippen molar-refractivity contribution >= 4 is 16.7 Å². The number of aromatic nitrogens is 2. The molecule has 0 atom stereocenters. The van der Waals surface area contributed by atoms with Crippen LogP contribution >= 0.6 is 11.5 Å². The number of hydrogen-bond acceptors (Lipinski definition) is 5. The number of nitrogens with one attached hydrogen (secondary N) is 1. The summed E-state index contributed by atoms with van der Waals surface area (Å²) in [6.45, 7) is 0.999. The molecule has 0 aliphatic heterocycles. The minimum Gasteiger partial charge on any atom is -0.358 e. The van der Waals surface area contributed by atoms with Crippen LogP contribution in [0.1, 0.15) is 43.8 Å². The van der Waals surface area contributed by atoms with Gasteiger partial charge in [-0.05, 0) is 46.2 Å². The van der Waals surface area contributed by atoms with Gasteiger partial charge in [-0.1, -0.05) is 0 Å². The Kier molecular flexibility index (Phi) is 2.83. The smallest absolute Gasteiger partial charge is 0.202 e. The van der Waals surface area contributed by atoms with Crippen LogP contribution in [0.4, 0.5) is 5.13 Å². The Morgan fingerprint density at radius 1 is 1.41 bits per heavy atom. The average Bonchev–Trinajstić information content (AvgIpc) is 2.97. The monoisotopic (exact) mass is 252 g/mol. The first-order chi connectivity index (χ1) is 8.20. The number of nitrogens with zero attached hydrogens (tertiary/aromatic N) is 3. The van der Waals surface area contributed by atoms with Gasteiger partial charge in [-0.15, -0.1) is 0 Å². The van der Waals surface area contributed by atoms with Gasteiger partial charge in [-0.3, -0.25) is 0 Å². The molecule has 2 saturated carbocycles. The Bertz CT molecular complexity index is 393. The topological polar surface area (TPSA) is 41.0 Å². The van der Waals surface area contributed by atoms with Crippen LogP contribution < -0.4 is 5.32 Å². The highest BCUT2D eigenvalue weighted by Crippen LogP contribution is 2.40. The summed E-state index contributed by atoms with van der Waals surface area (Å²) in [6.07, 6.45) is 6.49. The van der Waals surface area contributed by atoms with Crippen molar-refractivity contribution in [2.75, 3.05) is 26.0 Å². The SMILES string of the molecule is CN(C)C1(CNc2nc(C3CC3)ns2)CCC1. The van der Waals surface area contributed by atoms with Crippen LogP contribution in [0.2, 0.25) is 0 Å². The molecule has 3 rings (SSSR count). The van der Waals surface area contributed by atoms with E-state index in [-0.39, 0.29) is 0 Å². The zero-order valence-electron chi connectivity index (χ0n) is 10.6. The minimum absolute atomic E-state index is 0.353. The Morgan fingerprint density at radius 3 is 2.71 bits per heavy atom. The van der Waals surface area contributed by atoms with Gasteiger partial charge < -0.3 is 10.2 Å². The van der Waals surface area contributed by atoms with E-state index in [1.165, 1.54) is 43.6 Å². The lowest BCUT2D eigenvalue weighted by atomic mass is 9.75. The summed E-state index contributed by atoms with van der Waals surface area (Å²) < 4.78 is 4.42. The fourth-order valence-electron chi connectivity index (χ4n) is 2.42. The maximum atomic E-state index is 4.57. The minimum atomic E-state index is 0.353. The van der Waals surface area contributed by atoms with Gasteiger partial charge in [0.1, 0.15) is 5.82 Å². The second-order valence-electron chi connectivity index (χ2n) is 5.56. The van der Waals surface area contributed by atoms with E-state index >= 15 is 0 Å². The summed E-state index contributed by atoms with van der Waals surface area (Å²) in [5.74, 6) is 1.72. The van der Waals surface area contributed by atoms with Gasteiger partial charge in [0.2, 0.25) is 5.13 Å². The summed E-state index contributed by atoms with van der Waals surface area (Å²) in [6, 6.07) is 0. The van der Waals surface area contributed by atoms with Gasteiger partial charge in [0, 0.05) is 29.5 Å². The zero-order valence-corrected chi connectivity index (χ0v) is 11.4. The van der Waals surface area contributed by atoms with E-state index in [1.54, 1.807) is 0 Å². The first-order valence-electron chi connectivity index (χ1n) is 6.44. The van der Waals surface area contributed by atoms with Crippen molar-refractivity contribution in [3.8, 4) is 0 Å². The van der Waals surface area contributed by atoms with Crippen LogP contribution in [-0.4, -0.2) is 40.4 Å². The molecule has 94 valence electrons. The molecule has 1 aromatic rings. The second-order valence-corrected chi connectivity index (χ2v) is 6.31. The normalized spacial score (nSPS) is 22.5. The maximum absolute atomic E-state index is 4.57. The molecular formula is C12H20N4S. The van der Waals surface area contributed by atoms with Crippen LogP contribution in [0.3, 0.4) is 0 Å². The Labute approximate surface area is 107 Å². The predicted octanol–water partition coefficient (Wildman–Crippen LogP) is 2.31. The summed E-state index contributed by atoms with van der Waals surface area (Å²) in [4.78, 5) is 6.92. The van der Waals surface area contributed by atoms with Crippen LogP contribution in [-0.2, 0) is 0 Å². The molecule has 0 unspecified atom stereocenters. The quantitative estimate of drug-likeness (QED) is 0.873. The highest BCUT2D eigenvalue weighted by molar-refractivity contribution is 7.09. The molecule has 1 aromatic heterocycles. The maximum Gasteiger partial charge on any atom is 0.202 e. The number of rotatable bonds is 5. The fourth-order valence-corrected chi connectivity index (χ4v) is 3.06. The molecule has 0 radical (unpaired) electrons. The summed E-state index contributed by atoms with van der Waals surface area (Å²) in [7, 11) is 4.35. The molecule has 5 heteroatoms. The largest absolute Gasteiger partial charge is 0.358 e. The molecule has 0 bridgehead atoms. The molecule has 0 saturated heterocycles. The summed E-state index contributed by atoms with van der Waals surface area (Å²) >= 11 is 1.51. The third-order valence-electron chi connectivity index (χ3n) is 4.19. The van der Waals surface area contributed by atoms with E-state index < -0.39 is 0 Å². The molecule has 1 N–H and O–H groups in total. The standard InChI is InChI=1S/C12H20N4S/c1-16(2)12(6-3-7-12)8-13-11-14-10(15-17-11)9-4-5-9/h9H,3-8H2,1-2H3,(H,13,14,15). The van der Waals surface area contributed by atoms with Crippen LogP contribution in [0, 0.1) is 0 Å². The lowest BCUT2D eigenvalue weighted by Crippen LogP contribution is -2.54. The van der Waals surface area contributed by atoms with E-state index in [9.17, 15) is 0 Å². The summed E-state index contributed by atoms with van der Waals surface area (Å²) in [5, 5.41) is 4.48. The van der Waals surface area contributed by atoms with E-state index in [4.69, 9.17) is 0 Å². The van der Waals surface area contributed by atoms with E-state index in [0.717, 1.165) is 17.5 Å². The van der Waals surface area contributed by atoms with Crippen molar-refractivity contribution in [1.29, 1.82) is 0 Å². The van der Waals surface area contributed by atoms with E-state index in [1.807, 2.05) is 0 Å². The molecule has 0 aromatic carbocycles. The van der Waals surface area contributed by atoms with Crippen LogP contribution in [0.25, 0.3) is 0 Å². The highest BCUT2D eigenvalue weighted by atomic mass is 32.1. The van der Waals surface area contributed by atoms with Gasteiger partial charge >= 0.3 is 0 Å². The summed E-state index contributed by atoms with van der Waals surface area (Å²) in [5.41, 5.74) is 0.353. The van der Waals surface area contributed by atoms with Gasteiger partial charge in [-0.25, -0.2) is 4.98 Å². The van der Waals surface area contributed by atoms with Crippen LogP contribution in [0.5, 0.6) is 0 Å². The van der Waals surface area contributed by atoms with Crippen molar-refractivity contribution in [2.45, 2.75) is 43.6 Å². The number of anilines is 1. The van der Waals surface area contributed by atoms with Gasteiger partial charge in [0.25, 0.3) is 0 Å². The van der Waals surface area contributed by atoms with Crippen molar-refractivity contribution < 1.29 is 0 Å². The van der Waals surface area contributed by atoms with Crippen molar-refractivity contribution in [3.05, 3.63) is 5.82 Å². The first kappa shape index (κ1) is 11.4. The lowest BCUT2D eigenvalue weighted by Gasteiger charge is -2.47. The van der Waals surface area contributed by atoms with Gasteiger partial charge in [0.05, 0.1) is 0 Å². The second kappa shape index (κ2) is 4.21. The third-order valence-corrected chi connectivity index (χ3v) is 4.87. The molecule has 0 spiro atoms. The molecule has 2 aliphatic rings. The third kappa shape index (κ3) is 2.18. The molecule has 1 heterocycles. The average molecular weight is 252 g/mol. The molecule has 2 aliphatic carbocycles. The molecule has 0 amide bonds. The highest BCUT2D eigenvalue weighted by Gasteiger charge is 2.39. The van der Waals surface area contributed by atoms with E-state index in [0.29, 0.717) is 11.5 Å². The predicted molar refractivity (Wildman–Crippen MR) is 70.6 cm³/mol. The molecule has 17 heavy (non-hydrogen) atoms. The number of hydrogen-bond donors (Lipinski definition) is 1. The Balaban J connectivity index is 1.58. The number of likely N-dealkylation sites (N-methyl/N-ethyl adjacent to an activating group) is 1. The molecular weight excluding hydrogens is 232 g/mol.